The molecular weight excluding hydrogens is 480 g/mol. The van der Waals surface area contributed by atoms with Crippen LogP contribution in [0.15, 0.2) is 107 Å². The summed E-state index contributed by atoms with van der Waals surface area (Å²) in [4.78, 5) is 37.0. The first kappa shape index (κ1) is 25.0. The number of nitrogens with zero attached hydrogens (tertiary/aromatic N) is 3. The van der Waals surface area contributed by atoms with Crippen molar-refractivity contribution < 1.29 is 4.79 Å². The molecule has 0 atom stereocenters. The number of carbonyl (C=O) groups is 1. The third-order valence-corrected chi connectivity index (χ3v) is 7.53. The van der Waals surface area contributed by atoms with Crippen LogP contribution in [-0.2, 0) is 17.0 Å². The molecule has 37 heavy (non-hydrogen) atoms. The molecule has 188 valence electrons. The normalized spacial score (nSPS) is 14.1. The molecule has 1 aliphatic heterocycles. The number of hydrogen-bond donors (Lipinski definition) is 1. The number of thioether (sulfide) groups is 1. The average Bonchev–Trinajstić information content (AvgIpc) is 2.94. The first-order valence-corrected chi connectivity index (χ1v) is 13.5. The van der Waals surface area contributed by atoms with Gasteiger partial charge in [0.15, 0.2) is 5.16 Å². The molecule has 1 fully saturated rings. The number of piperazine rings is 1. The van der Waals surface area contributed by atoms with Gasteiger partial charge in [0.1, 0.15) is 0 Å². The van der Waals surface area contributed by atoms with Gasteiger partial charge in [-0.05, 0) is 16.7 Å². The van der Waals surface area contributed by atoms with Gasteiger partial charge in [-0.3, -0.25) is 14.5 Å². The van der Waals surface area contributed by atoms with Crippen LogP contribution in [0.1, 0.15) is 28.4 Å². The molecule has 0 radical (unpaired) electrons. The van der Waals surface area contributed by atoms with Crippen molar-refractivity contribution in [2.75, 3.05) is 26.2 Å². The lowest BCUT2D eigenvalue weighted by Crippen LogP contribution is -2.50. The van der Waals surface area contributed by atoms with Crippen LogP contribution in [-0.4, -0.2) is 51.9 Å². The number of carbonyl (C=O) groups excluding carboxylic acids is 1. The molecule has 0 saturated carbocycles. The Balaban J connectivity index is 1.22. The summed E-state index contributed by atoms with van der Waals surface area (Å²) >= 11 is 1.47. The maximum Gasteiger partial charge on any atom is 0.251 e. The van der Waals surface area contributed by atoms with E-state index in [1.807, 2.05) is 47.4 Å². The summed E-state index contributed by atoms with van der Waals surface area (Å²) in [5.74, 6) is 0.709. The Hall–Kier alpha value is -3.68. The van der Waals surface area contributed by atoms with Crippen LogP contribution in [0.25, 0.3) is 0 Å². The Kier molecular flexibility index (Phi) is 8.13. The standard InChI is InChI=1S/C30H30N4O2S/c35-27-20-26(31-30(32-27)37-22-23-10-4-1-5-11-23)21-28(36)33-16-18-34(19-17-33)29(24-12-6-2-7-13-24)25-14-8-3-9-15-25/h1-15,20,29H,16-19,21-22H2,(H,31,32,35). The molecule has 1 saturated heterocycles. The minimum absolute atomic E-state index is 0.00716. The molecule has 1 aliphatic rings. The third-order valence-electron chi connectivity index (χ3n) is 6.59. The van der Waals surface area contributed by atoms with E-state index in [2.05, 4.69) is 63.4 Å². The van der Waals surface area contributed by atoms with Gasteiger partial charge in [0, 0.05) is 38.0 Å². The van der Waals surface area contributed by atoms with Crippen molar-refractivity contribution in [2.24, 2.45) is 0 Å². The maximum absolute atomic E-state index is 13.1. The quantitative estimate of drug-likeness (QED) is 0.278. The number of aromatic nitrogens is 2. The summed E-state index contributed by atoms with van der Waals surface area (Å²) in [6, 6.07) is 32.7. The van der Waals surface area contributed by atoms with Crippen LogP contribution in [0.4, 0.5) is 0 Å². The fourth-order valence-corrected chi connectivity index (χ4v) is 5.60. The zero-order valence-electron chi connectivity index (χ0n) is 20.6. The molecule has 3 aromatic carbocycles. The highest BCUT2D eigenvalue weighted by atomic mass is 32.2. The number of amides is 1. The molecule has 2 heterocycles. The van der Waals surface area contributed by atoms with E-state index in [0.717, 1.165) is 18.7 Å². The molecular formula is C30H30N4O2S. The molecule has 4 aromatic rings. The second-order valence-corrected chi connectivity index (χ2v) is 10.1. The molecule has 0 unspecified atom stereocenters. The van der Waals surface area contributed by atoms with Gasteiger partial charge in [0.2, 0.25) is 5.91 Å². The molecule has 6 nitrogen and oxygen atoms in total. The number of rotatable bonds is 8. The van der Waals surface area contributed by atoms with E-state index in [1.165, 1.54) is 29.0 Å². The summed E-state index contributed by atoms with van der Waals surface area (Å²) < 4.78 is 0. The van der Waals surface area contributed by atoms with Gasteiger partial charge in [-0.15, -0.1) is 0 Å². The van der Waals surface area contributed by atoms with E-state index in [1.54, 1.807) is 0 Å². The number of benzene rings is 3. The molecule has 0 bridgehead atoms. The van der Waals surface area contributed by atoms with Crippen molar-refractivity contribution in [2.45, 2.75) is 23.4 Å². The van der Waals surface area contributed by atoms with Crippen LogP contribution in [0.2, 0.25) is 0 Å². The second-order valence-electron chi connectivity index (χ2n) is 9.13. The number of nitrogens with one attached hydrogen (secondary N) is 1. The topological polar surface area (TPSA) is 69.3 Å². The Bertz CT molecular complexity index is 1320. The summed E-state index contributed by atoms with van der Waals surface area (Å²) in [5.41, 5.74) is 3.94. The fraction of sp³-hybridized carbons (Fsp3) is 0.233. The summed E-state index contributed by atoms with van der Waals surface area (Å²) in [6.07, 6.45) is 0.129. The SMILES string of the molecule is O=C(Cc1cc(=O)[nH]c(SCc2ccccc2)n1)N1CCN(C(c2ccccc2)c2ccccc2)CC1. The van der Waals surface area contributed by atoms with Crippen LogP contribution >= 0.6 is 11.8 Å². The Labute approximate surface area is 221 Å². The highest BCUT2D eigenvalue weighted by Crippen LogP contribution is 2.29. The molecule has 1 N–H and O–H groups in total. The zero-order chi connectivity index (χ0) is 25.5. The van der Waals surface area contributed by atoms with E-state index in [0.29, 0.717) is 29.7 Å². The molecule has 1 amide bonds. The predicted octanol–water partition coefficient (Wildman–Crippen LogP) is 4.54. The van der Waals surface area contributed by atoms with Crippen LogP contribution in [0.3, 0.4) is 0 Å². The monoisotopic (exact) mass is 510 g/mol. The Morgan fingerprint density at radius 3 is 2.00 bits per heavy atom. The van der Waals surface area contributed by atoms with E-state index in [-0.39, 0.29) is 23.9 Å². The van der Waals surface area contributed by atoms with Crippen LogP contribution in [0, 0.1) is 0 Å². The molecule has 0 aliphatic carbocycles. The number of aromatic amines is 1. The van der Waals surface area contributed by atoms with Crippen molar-refractivity contribution in [3.05, 3.63) is 130 Å². The first-order valence-electron chi connectivity index (χ1n) is 12.5. The van der Waals surface area contributed by atoms with Gasteiger partial charge in [-0.2, -0.15) is 0 Å². The lowest BCUT2D eigenvalue weighted by atomic mass is 9.96. The van der Waals surface area contributed by atoms with E-state index < -0.39 is 0 Å². The average molecular weight is 511 g/mol. The van der Waals surface area contributed by atoms with Gasteiger partial charge < -0.3 is 9.88 Å². The van der Waals surface area contributed by atoms with Gasteiger partial charge in [0.05, 0.1) is 18.2 Å². The highest BCUT2D eigenvalue weighted by molar-refractivity contribution is 7.98. The number of hydrogen-bond acceptors (Lipinski definition) is 5. The Morgan fingerprint density at radius 1 is 0.838 bits per heavy atom. The van der Waals surface area contributed by atoms with Crippen LogP contribution < -0.4 is 5.56 Å². The fourth-order valence-electron chi connectivity index (χ4n) is 4.75. The van der Waals surface area contributed by atoms with Gasteiger partial charge in [-0.25, -0.2) is 4.98 Å². The Morgan fingerprint density at radius 2 is 1.41 bits per heavy atom. The van der Waals surface area contributed by atoms with Gasteiger partial charge >= 0.3 is 0 Å². The second kappa shape index (κ2) is 12.0. The maximum atomic E-state index is 13.1. The van der Waals surface area contributed by atoms with Crippen molar-refractivity contribution in [1.29, 1.82) is 0 Å². The zero-order valence-corrected chi connectivity index (χ0v) is 21.4. The summed E-state index contributed by atoms with van der Waals surface area (Å²) in [5, 5.41) is 0.539. The number of H-pyrrole nitrogens is 1. The van der Waals surface area contributed by atoms with E-state index in [9.17, 15) is 9.59 Å². The van der Waals surface area contributed by atoms with Crippen LogP contribution in [0.5, 0.6) is 0 Å². The van der Waals surface area contributed by atoms with E-state index >= 15 is 0 Å². The largest absolute Gasteiger partial charge is 0.340 e. The third kappa shape index (κ3) is 6.56. The van der Waals surface area contributed by atoms with E-state index in [4.69, 9.17) is 0 Å². The smallest absolute Gasteiger partial charge is 0.251 e. The minimum Gasteiger partial charge on any atom is -0.340 e. The van der Waals surface area contributed by atoms with Crippen molar-refractivity contribution in [3.8, 4) is 0 Å². The predicted molar refractivity (Wildman–Crippen MR) is 147 cm³/mol. The highest BCUT2D eigenvalue weighted by Gasteiger charge is 2.28. The molecule has 5 rings (SSSR count). The lowest BCUT2D eigenvalue weighted by Gasteiger charge is -2.39. The lowest BCUT2D eigenvalue weighted by molar-refractivity contribution is -0.132. The van der Waals surface area contributed by atoms with Crippen molar-refractivity contribution >= 4 is 17.7 Å². The molecule has 1 aromatic heterocycles. The van der Waals surface area contributed by atoms with Gasteiger partial charge in [0.25, 0.3) is 5.56 Å². The first-order chi connectivity index (χ1) is 18.2. The molecule has 0 spiro atoms. The van der Waals surface area contributed by atoms with Gasteiger partial charge in [-0.1, -0.05) is 103 Å². The summed E-state index contributed by atoms with van der Waals surface area (Å²) in [7, 11) is 0. The molecule has 7 heteroatoms. The van der Waals surface area contributed by atoms with Crippen molar-refractivity contribution in [1.82, 2.24) is 19.8 Å². The van der Waals surface area contributed by atoms with Crippen molar-refractivity contribution in [3.63, 3.8) is 0 Å². The minimum atomic E-state index is -0.230. The summed E-state index contributed by atoms with van der Waals surface area (Å²) in [6.45, 7) is 2.85.